The molecule has 14 aromatic rings. The number of aromatic nitrogens is 6. The molecule has 17 rings (SSSR count). The monoisotopic (exact) mass is 1380 g/mol. The summed E-state index contributed by atoms with van der Waals surface area (Å²) in [7, 11) is -0.362. The van der Waals surface area contributed by atoms with Crippen LogP contribution in [0.15, 0.2) is 291 Å². The Kier molecular flexibility index (Phi) is 19.1. The van der Waals surface area contributed by atoms with Gasteiger partial charge in [-0.15, -0.1) is 0 Å². The van der Waals surface area contributed by atoms with Gasteiger partial charge in [-0.1, -0.05) is 277 Å². The van der Waals surface area contributed by atoms with Gasteiger partial charge in [-0.25, -0.2) is 29.9 Å². The van der Waals surface area contributed by atoms with Crippen molar-refractivity contribution in [1.82, 2.24) is 29.9 Å². The molecule has 0 radical (unpaired) electrons. The lowest BCUT2D eigenvalue weighted by molar-refractivity contribution is 0.00578. The molecule has 105 heavy (non-hydrogen) atoms. The molecule has 0 bridgehead atoms. The van der Waals surface area contributed by atoms with E-state index in [2.05, 4.69) is 177 Å². The first-order valence-corrected chi connectivity index (χ1v) is 35.2. The average molecular weight is 1380 g/mol. The molecule has 3 aliphatic rings. The Morgan fingerprint density at radius 1 is 0.286 bits per heavy atom. The number of nitrogens with zero attached hydrogens (tertiary/aromatic N) is 8. The van der Waals surface area contributed by atoms with Gasteiger partial charge in [0.05, 0.1) is 34.5 Å². The highest BCUT2D eigenvalue weighted by Gasteiger charge is 2.52. The molecule has 1 saturated heterocycles. The number of hydrogen-bond donors (Lipinski definition) is 0. The zero-order chi connectivity index (χ0) is 71.9. The maximum atomic E-state index is 9.51. The van der Waals surface area contributed by atoms with E-state index in [-0.39, 0.29) is 36.6 Å². The summed E-state index contributed by atoms with van der Waals surface area (Å²) in [6.45, 7) is 17.2. The molecular weight excluding hydrogens is 1310 g/mol. The molecule has 12 aromatic carbocycles. The van der Waals surface area contributed by atoms with E-state index in [4.69, 9.17) is 50.8 Å². The smallest absolute Gasteiger partial charge is 0.399 e. The van der Waals surface area contributed by atoms with Gasteiger partial charge in [0.1, 0.15) is 0 Å². The Morgan fingerprint density at radius 2 is 0.562 bits per heavy atom. The molecule has 0 spiro atoms. The molecule has 0 N–H and O–H groups in total. The fraction of sp³-hybridized carbons (Fsp3) is 0.140. The van der Waals surface area contributed by atoms with Crippen molar-refractivity contribution < 1.29 is 9.31 Å². The Hall–Kier alpha value is -12.1. The second-order valence-electron chi connectivity index (χ2n) is 28.5. The van der Waals surface area contributed by atoms with Crippen LogP contribution >= 0.6 is 11.6 Å². The summed E-state index contributed by atoms with van der Waals surface area (Å²) in [5, 5.41) is 19.5. The molecule has 2 aliphatic carbocycles. The van der Waals surface area contributed by atoms with Crippen molar-refractivity contribution in [3.63, 3.8) is 0 Å². The number of benzene rings is 12. The molecule has 0 atom stereocenters. The van der Waals surface area contributed by atoms with Crippen LogP contribution in [0.4, 0.5) is 0 Å². The van der Waals surface area contributed by atoms with Crippen molar-refractivity contribution in [2.75, 3.05) is 0 Å². The topological polar surface area (TPSA) is 143 Å². The van der Waals surface area contributed by atoms with E-state index in [0.29, 0.717) is 51.1 Å². The molecule has 12 heteroatoms. The van der Waals surface area contributed by atoms with Gasteiger partial charge in [0.25, 0.3) is 0 Å². The zero-order valence-corrected chi connectivity index (χ0v) is 59.8. The Bertz CT molecular complexity index is 5560. The van der Waals surface area contributed by atoms with Gasteiger partial charge in [0.2, 0.25) is 0 Å². The molecule has 2 aromatic heterocycles. The van der Waals surface area contributed by atoms with Gasteiger partial charge in [0.15, 0.2) is 34.9 Å². The van der Waals surface area contributed by atoms with Crippen LogP contribution < -0.4 is 5.46 Å². The van der Waals surface area contributed by atoms with Crippen LogP contribution in [0.3, 0.4) is 0 Å². The third-order valence-corrected chi connectivity index (χ3v) is 20.7. The standard InChI is InChI=1S/C43H30N4.C27H18ClN3.C22H24BNO2.CH4/c1-43(2)38-23-28(27-44)19-21-36(38)37-22-20-34(26-39(37)43)32-16-9-15-31(24-32)33-17-10-18-35(25-33)42-46-40(29-11-5-3-6-12-29)45-41(47-42)30-13-7-4-8-14-30;28-24-16-8-14-22(18-24)21-13-7-15-23(17-21)27-30-25(19-9-3-1-4-10-19)29-26(31-27)20-11-5-2-6-12-20;1-20(2)18-11-14(13-24)7-9-16(18)17-10-8-15(12-19(17)20)23-25-21(3,4)22(5,6)26-23;/h3-26H,1-2H3;1-18H;7-12H,1-6H3;1H4. The van der Waals surface area contributed by atoms with Crippen LogP contribution in [-0.2, 0) is 20.1 Å². The lowest BCUT2D eigenvalue weighted by Gasteiger charge is -2.32. The van der Waals surface area contributed by atoms with Crippen molar-refractivity contribution in [1.29, 1.82) is 10.5 Å². The summed E-state index contributed by atoms with van der Waals surface area (Å²) >= 11 is 6.20. The molecule has 10 nitrogen and oxygen atoms in total. The normalized spacial score (nSPS) is 14.1. The van der Waals surface area contributed by atoms with Crippen LogP contribution in [-0.4, -0.2) is 48.2 Å². The molecule has 510 valence electrons. The lowest BCUT2D eigenvalue weighted by Crippen LogP contribution is -2.41. The highest BCUT2D eigenvalue weighted by Crippen LogP contribution is 2.51. The van der Waals surface area contributed by atoms with Crippen molar-refractivity contribution in [3.8, 4) is 136 Å². The first-order chi connectivity index (χ1) is 50.3. The van der Waals surface area contributed by atoms with Crippen LogP contribution in [0.1, 0.15) is 96.2 Å². The van der Waals surface area contributed by atoms with Crippen LogP contribution in [0.5, 0.6) is 0 Å². The van der Waals surface area contributed by atoms with Gasteiger partial charge < -0.3 is 9.31 Å². The summed E-state index contributed by atoms with van der Waals surface area (Å²) in [5.41, 5.74) is 23.5. The highest BCUT2D eigenvalue weighted by molar-refractivity contribution is 6.62. The van der Waals surface area contributed by atoms with Gasteiger partial charge in [-0.3, -0.25) is 0 Å². The number of nitriles is 2. The number of fused-ring (bicyclic) bond motifs is 6. The maximum Gasteiger partial charge on any atom is 0.494 e. The minimum Gasteiger partial charge on any atom is -0.399 e. The fourth-order valence-electron chi connectivity index (χ4n) is 14.0. The molecule has 1 aliphatic heterocycles. The van der Waals surface area contributed by atoms with E-state index < -0.39 is 0 Å². The Morgan fingerprint density at radius 3 is 0.924 bits per heavy atom. The van der Waals surface area contributed by atoms with Gasteiger partial charge in [0, 0.05) is 49.2 Å². The number of rotatable bonds is 10. The fourth-order valence-corrected chi connectivity index (χ4v) is 14.2. The van der Waals surface area contributed by atoms with Crippen LogP contribution in [0.25, 0.3) is 124 Å². The number of hydrogen-bond acceptors (Lipinski definition) is 10. The van der Waals surface area contributed by atoms with E-state index >= 15 is 0 Å². The summed E-state index contributed by atoms with van der Waals surface area (Å²) in [6, 6.07) is 103. The first kappa shape index (κ1) is 70.0. The first-order valence-electron chi connectivity index (χ1n) is 34.9. The number of halogens is 1. The van der Waals surface area contributed by atoms with E-state index in [0.717, 1.165) is 66.7 Å². The lowest BCUT2D eigenvalue weighted by atomic mass is 9.74. The third kappa shape index (κ3) is 13.9. The average Bonchev–Trinajstić information content (AvgIpc) is 1.58. The van der Waals surface area contributed by atoms with Crippen LogP contribution in [0, 0.1) is 22.7 Å². The molecule has 3 heterocycles. The Labute approximate surface area is 620 Å². The molecule has 0 amide bonds. The molecular formula is C93H76BClN8O2. The Balaban J connectivity index is 0.000000139. The summed E-state index contributed by atoms with van der Waals surface area (Å²) < 4.78 is 12.5. The van der Waals surface area contributed by atoms with Gasteiger partial charge in [-0.2, -0.15) is 10.5 Å². The van der Waals surface area contributed by atoms with Gasteiger partial charge >= 0.3 is 7.12 Å². The second-order valence-corrected chi connectivity index (χ2v) is 28.9. The quantitative estimate of drug-likeness (QED) is 0.121. The summed E-state index contributed by atoms with van der Waals surface area (Å²) in [5.74, 6) is 3.86. The third-order valence-electron chi connectivity index (χ3n) is 20.5. The van der Waals surface area contributed by atoms with Gasteiger partial charge in [-0.05, 0) is 172 Å². The summed E-state index contributed by atoms with van der Waals surface area (Å²) in [6.07, 6.45) is 0. The predicted octanol–water partition coefficient (Wildman–Crippen LogP) is 22.4. The zero-order valence-electron chi connectivity index (χ0n) is 59.1. The predicted molar refractivity (Wildman–Crippen MR) is 427 cm³/mol. The van der Waals surface area contributed by atoms with Crippen molar-refractivity contribution in [2.24, 2.45) is 0 Å². The van der Waals surface area contributed by atoms with E-state index in [1.54, 1.807) is 0 Å². The highest BCUT2D eigenvalue weighted by atomic mass is 35.5. The van der Waals surface area contributed by atoms with E-state index in [1.807, 2.05) is 182 Å². The maximum absolute atomic E-state index is 9.51. The SMILES string of the molecule is C.CC1(C)c2cc(C#N)ccc2-c2ccc(-c3cccc(-c4cccc(-c5nc(-c6ccccc6)nc(-c6ccccc6)n5)c4)c3)cc21.CC1(C)c2cc(C#N)ccc2-c2ccc(B3OC(C)(C)C(C)(C)O3)cc21.Clc1cccc(-c2cccc(-c3nc(-c4ccccc4)nc(-c4ccccc4)n3)c2)c1. The van der Waals surface area contributed by atoms with Crippen molar-refractivity contribution >= 4 is 24.2 Å². The van der Waals surface area contributed by atoms with E-state index in [1.165, 1.54) is 50.1 Å². The largest absolute Gasteiger partial charge is 0.494 e. The molecule has 1 fully saturated rings. The van der Waals surface area contributed by atoms with E-state index in [9.17, 15) is 10.5 Å². The van der Waals surface area contributed by atoms with Crippen molar-refractivity contribution in [3.05, 3.63) is 330 Å². The molecule has 0 saturated carbocycles. The summed E-state index contributed by atoms with van der Waals surface area (Å²) in [4.78, 5) is 29.1. The van der Waals surface area contributed by atoms with Crippen LogP contribution in [0.2, 0.25) is 5.02 Å². The molecule has 0 unspecified atom stereocenters. The van der Waals surface area contributed by atoms with Crippen molar-refractivity contribution in [2.45, 2.75) is 84.8 Å². The second kappa shape index (κ2) is 28.6. The minimum absolute atomic E-state index is 0. The minimum atomic E-state index is -0.362.